The lowest BCUT2D eigenvalue weighted by atomic mass is 10.1. The van der Waals surface area contributed by atoms with Crippen molar-refractivity contribution in [2.75, 3.05) is 6.54 Å². The van der Waals surface area contributed by atoms with Crippen LogP contribution in [-0.4, -0.2) is 17.4 Å². The monoisotopic (exact) mass is 296 g/mol. The Morgan fingerprint density at radius 1 is 1.25 bits per heavy atom. The van der Waals surface area contributed by atoms with Crippen molar-refractivity contribution in [1.82, 2.24) is 10.3 Å². The summed E-state index contributed by atoms with van der Waals surface area (Å²) in [7, 11) is 0. The van der Waals surface area contributed by atoms with E-state index in [0.29, 0.717) is 17.0 Å². The molecule has 3 nitrogen and oxygen atoms in total. The average Bonchev–Trinajstić information content (AvgIpc) is 2.38. The number of amides is 1. The predicted molar refractivity (Wildman–Crippen MR) is 71.6 cm³/mol. The Morgan fingerprint density at radius 3 is 2.60 bits per heavy atom. The van der Waals surface area contributed by atoms with Gasteiger partial charge in [0, 0.05) is 25.0 Å². The van der Waals surface area contributed by atoms with Gasteiger partial charge in [0.05, 0.1) is 10.6 Å². The molecule has 0 fully saturated rings. The molecule has 1 heterocycles. The fraction of sp³-hybridized carbons (Fsp3) is 0.143. The molecule has 1 N–H and O–H groups in total. The zero-order valence-corrected chi connectivity index (χ0v) is 11.1. The van der Waals surface area contributed by atoms with Crippen LogP contribution in [0, 0.1) is 11.6 Å². The number of hydrogen-bond acceptors (Lipinski definition) is 2. The Morgan fingerprint density at radius 2 is 1.95 bits per heavy atom. The van der Waals surface area contributed by atoms with Gasteiger partial charge in [-0.2, -0.15) is 0 Å². The van der Waals surface area contributed by atoms with Crippen molar-refractivity contribution in [2.45, 2.75) is 6.42 Å². The molecule has 0 aliphatic carbocycles. The third-order valence-electron chi connectivity index (χ3n) is 2.63. The summed E-state index contributed by atoms with van der Waals surface area (Å²) in [4.78, 5) is 15.6. The van der Waals surface area contributed by atoms with Crippen LogP contribution in [0.2, 0.25) is 5.02 Å². The van der Waals surface area contributed by atoms with Gasteiger partial charge in [-0.05, 0) is 30.2 Å². The van der Waals surface area contributed by atoms with Gasteiger partial charge in [-0.25, -0.2) is 8.78 Å². The summed E-state index contributed by atoms with van der Waals surface area (Å²) in [5, 5.41) is 2.92. The Bertz CT molecular complexity index is 614. The molecule has 1 amide bonds. The van der Waals surface area contributed by atoms with Crippen molar-refractivity contribution in [3.8, 4) is 0 Å². The third kappa shape index (κ3) is 3.74. The van der Waals surface area contributed by atoms with Crippen LogP contribution in [0.5, 0.6) is 0 Å². The van der Waals surface area contributed by atoms with Gasteiger partial charge in [0.15, 0.2) is 0 Å². The molecule has 0 unspecified atom stereocenters. The number of nitrogens with zero attached hydrogens (tertiary/aromatic N) is 1. The topological polar surface area (TPSA) is 42.0 Å². The molecule has 104 valence electrons. The van der Waals surface area contributed by atoms with Gasteiger partial charge in [-0.1, -0.05) is 11.6 Å². The SMILES string of the molecule is O=C(NCCc1cc(F)cc(F)c1)c1cnccc1Cl. The number of rotatable bonds is 4. The van der Waals surface area contributed by atoms with Crippen LogP contribution in [0.25, 0.3) is 0 Å². The van der Waals surface area contributed by atoms with Crippen LogP contribution in [0.3, 0.4) is 0 Å². The van der Waals surface area contributed by atoms with Gasteiger partial charge in [0.2, 0.25) is 0 Å². The molecule has 0 saturated carbocycles. The van der Waals surface area contributed by atoms with Gasteiger partial charge < -0.3 is 5.32 Å². The van der Waals surface area contributed by atoms with E-state index in [2.05, 4.69) is 10.3 Å². The number of benzene rings is 1. The van der Waals surface area contributed by atoms with Gasteiger partial charge in [-0.15, -0.1) is 0 Å². The molecule has 2 rings (SSSR count). The maximum absolute atomic E-state index is 13.0. The summed E-state index contributed by atoms with van der Waals surface area (Å²) in [6.45, 7) is 0.243. The molecule has 20 heavy (non-hydrogen) atoms. The van der Waals surface area contributed by atoms with Gasteiger partial charge in [-0.3, -0.25) is 9.78 Å². The van der Waals surface area contributed by atoms with Gasteiger partial charge >= 0.3 is 0 Å². The quantitative estimate of drug-likeness (QED) is 0.942. The second kappa shape index (κ2) is 6.43. The largest absolute Gasteiger partial charge is 0.352 e. The maximum atomic E-state index is 13.0. The zero-order chi connectivity index (χ0) is 14.5. The second-order valence-corrected chi connectivity index (χ2v) is 4.55. The van der Waals surface area contributed by atoms with E-state index in [1.807, 2.05) is 0 Å². The minimum Gasteiger partial charge on any atom is -0.352 e. The number of halogens is 3. The minimum absolute atomic E-state index is 0.243. The molecule has 6 heteroatoms. The lowest BCUT2D eigenvalue weighted by Gasteiger charge is -2.06. The van der Waals surface area contributed by atoms with E-state index in [0.717, 1.165) is 6.07 Å². The molecule has 0 aliphatic heterocycles. The highest BCUT2D eigenvalue weighted by molar-refractivity contribution is 6.33. The first-order chi connectivity index (χ1) is 9.56. The van der Waals surface area contributed by atoms with Crippen LogP contribution in [0.1, 0.15) is 15.9 Å². The number of carbonyl (C=O) groups is 1. The second-order valence-electron chi connectivity index (χ2n) is 4.14. The van der Waals surface area contributed by atoms with Crippen molar-refractivity contribution in [3.05, 3.63) is 64.4 Å². The summed E-state index contributed by atoms with van der Waals surface area (Å²) in [6.07, 6.45) is 3.16. The number of nitrogens with one attached hydrogen (secondary N) is 1. The molecule has 0 atom stereocenters. The summed E-state index contributed by atoms with van der Waals surface area (Å²) >= 11 is 5.86. The molecule has 0 aliphatic rings. The highest BCUT2D eigenvalue weighted by atomic mass is 35.5. The summed E-state index contributed by atoms with van der Waals surface area (Å²) in [6, 6.07) is 4.77. The summed E-state index contributed by atoms with van der Waals surface area (Å²) in [5.41, 5.74) is 0.736. The van der Waals surface area contributed by atoms with Gasteiger partial charge in [0.1, 0.15) is 11.6 Å². The first-order valence-electron chi connectivity index (χ1n) is 5.89. The van der Waals surface area contributed by atoms with E-state index in [9.17, 15) is 13.6 Å². The van der Waals surface area contributed by atoms with Crippen LogP contribution in [0.15, 0.2) is 36.7 Å². The lowest BCUT2D eigenvalue weighted by Crippen LogP contribution is -2.26. The zero-order valence-electron chi connectivity index (χ0n) is 10.4. The fourth-order valence-corrected chi connectivity index (χ4v) is 1.91. The Labute approximate surface area is 119 Å². The maximum Gasteiger partial charge on any atom is 0.254 e. The average molecular weight is 297 g/mol. The highest BCUT2D eigenvalue weighted by Gasteiger charge is 2.09. The van der Waals surface area contributed by atoms with E-state index in [1.165, 1.54) is 30.6 Å². The Balaban J connectivity index is 1.93. The van der Waals surface area contributed by atoms with Crippen molar-refractivity contribution in [2.24, 2.45) is 0 Å². The van der Waals surface area contributed by atoms with Crippen LogP contribution < -0.4 is 5.32 Å². The van der Waals surface area contributed by atoms with E-state index in [4.69, 9.17) is 11.6 Å². The molecule has 0 saturated heterocycles. The molecule has 1 aromatic heterocycles. The van der Waals surface area contributed by atoms with Crippen molar-refractivity contribution in [3.63, 3.8) is 0 Å². The van der Waals surface area contributed by atoms with Crippen LogP contribution in [0.4, 0.5) is 8.78 Å². The number of aromatic nitrogens is 1. The molecule has 0 spiro atoms. The third-order valence-corrected chi connectivity index (χ3v) is 2.96. The molecule has 0 bridgehead atoms. The van der Waals surface area contributed by atoms with Crippen LogP contribution >= 0.6 is 11.6 Å². The number of carbonyl (C=O) groups excluding carboxylic acids is 1. The smallest absolute Gasteiger partial charge is 0.254 e. The molecular formula is C14H11ClF2N2O. The van der Waals surface area contributed by atoms with E-state index in [1.54, 1.807) is 0 Å². The van der Waals surface area contributed by atoms with Crippen LogP contribution in [-0.2, 0) is 6.42 Å². The number of hydrogen-bond donors (Lipinski definition) is 1. The standard InChI is InChI=1S/C14H11ClF2N2O/c15-13-2-3-18-8-12(13)14(20)19-4-1-9-5-10(16)7-11(17)6-9/h2-3,5-8H,1,4H2,(H,19,20). The normalized spacial score (nSPS) is 10.3. The van der Waals surface area contributed by atoms with Crippen molar-refractivity contribution < 1.29 is 13.6 Å². The lowest BCUT2D eigenvalue weighted by molar-refractivity contribution is 0.0954. The summed E-state index contributed by atoms with van der Waals surface area (Å²) < 4.78 is 26.0. The fourth-order valence-electron chi connectivity index (χ4n) is 1.72. The molecule has 1 aromatic carbocycles. The highest BCUT2D eigenvalue weighted by Crippen LogP contribution is 2.13. The van der Waals surface area contributed by atoms with E-state index >= 15 is 0 Å². The van der Waals surface area contributed by atoms with Gasteiger partial charge in [0.25, 0.3) is 5.91 Å². The van der Waals surface area contributed by atoms with E-state index < -0.39 is 11.6 Å². The first kappa shape index (κ1) is 14.4. The molecule has 2 aromatic rings. The number of pyridine rings is 1. The van der Waals surface area contributed by atoms with Crippen molar-refractivity contribution in [1.29, 1.82) is 0 Å². The summed E-state index contributed by atoms with van der Waals surface area (Å²) in [5.74, 6) is -1.65. The van der Waals surface area contributed by atoms with Crippen molar-refractivity contribution >= 4 is 17.5 Å². The molecule has 0 radical (unpaired) electrons. The Kier molecular flexibility index (Phi) is 4.63. The molecular weight excluding hydrogens is 286 g/mol. The first-order valence-corrected chi connectivity index (χ1v) is 6.27. The Hall–Kier alpha value is -2.01. The predicted octanol–water partition coefficient (Wildman–Crippen LogP) is 2.99. The van der Waals surface area contributed by atoms with E-state index in [-0.39, 0.29) is 18.0 Å². The minimum atomic E-state index is -0.637.